The number of rotatable bonds is 11. The Kier molecular flexibility index (Phi) is 8.98. The molecule has 0 aliphatic carbocycles. The van der Waals surface area contributed by atoms with Gasteiger partial charge in [0.15, 0.2) is 0 Å². The highest BCUT2D eigenvalue weighted by molar-refractivity contribution is 5.71. The summed E-state index contributed by atoms with van der Waals surface area (Å²) < 4.78 is 5.48. The van der Waals surface area contributed by atoms with Gasteiger partial charge < -0.3 is 9.84 Å². The first-order chi connectivity index (χ1) is 10.1. The number of cyclic esters (lactones) is 1. The standard InChI is InChI=1S/C18H34O3/c1-3-4-5-6-7-8-9-10-11-12-18(15-19)14-16(2)13-17(20)21-18/h16,19H,3-15H2,1-2H3/t16-,18+/m0/s1. The number of unbranched alkanes of at least 4 members (excludes halogenated alkanes) is 8. The van der Waals surface area contributed by atoms with Gasteiger partial charge in [0.05, 0.1) is 6.61 Å². The van der Waals surface area contributed by atoms with Crippen LogP contribution in [0.5, 0.6) is 0 Å². The zero-order chi connectivity index (χ0) is 15.6. The van der Waals surface area contributed by atoms with Gasteiger partial charge in [-0.05, 0) is 25.2 Å². The number of esters is 1. The van der Waals surface area contributed by atoms with Crippen molar-refractivity contribution in [3.8, 4) is 0 Å². The maximum absolute atomic E-state index is 11.6. The number of hydrogen-bond donors (Lipinski definition) is 1. The maximum Gasteiger partial charge on any atom is 0.306 e. The van der Waals surface area contributed by atoms with Crippen molar-refractivity contribution in [1.29, 1.82) is 0 Å². The van der Waals surface area contributed by atoms with Gasteiger partial charge >= 0.3 is 5.97 Å². The molecule has 0 spiro atoms. The molecule has 3 heteroatoms. The first-order valence-corrected chi connectivity index (χ1v) is 8.94. The molecule has 1 rings (SSSR count). The second kappa shape index (κ2) is 10.2. The molecule has 1 aliphatic rings. The summed E-state index contributed by atoms with van der Waals surface area (Å²) >= 11 is 0. The number of aliphatic hydroxyl groups excluding tert-OH is 1. The summed E-state index contributed by atoms with van der Waals surface area (Å²) in [5, 5.41) is 9.62. The van der Waals surface area contributed by atoms with Gasteiger partial charge in [-0.2, -0.15) is 0 Å². The lowest BCUT2D eigenvalue weighted by Gasteiger charge is -2.38. The highest BCUT2D eigenvalue weighted by Crippen LogP contribution is 2.33. The van der Waals surface area contributed by atoms with E-state index < -0.39 is 5.60 Å². The normalized spacial score (nSPS) is 25.9. The summed E-state index contributed by atoms with van der Waals surface area (Å²) in [6.45, 7) is 4.29. The van der Waals surface area contributed by atoms with E-state index in [4.69, 9.17) is 4.74 Å². The van der Waals surface area contributed by atoms with E-state index in [9.17, 15) is 9.90 Å². The van der Waals surface area contributed by atoms with E-state index in [0.29, 0.717) is 12.3 Å². The lowest BCUT2D eigenvalue weighted by atomic mass is 9.83. The Morgan fingerprint density at radius 3 is 2.19 bits per heavy atom. The molecule has 124 valence electrons. The van der Waals surface area contributed by atoms with Crippen LogP contribution in [0.25, 0.3) is 0 Å². The molecule has 2 atom stereocenters. The van der Waals surface area contributed by atoms with Crippen LogP contribution in [-0.2, 0) is 9.53 Å². The molecule has 0 unspecified atom stereocenters. The number of aliphatic hydroxyl groups is 1. The Morgan fingerprint density at radius 2 is 1.67 bits per heavy atom. The van der Waals surface area contributed by atoms with Crippen molar-refractivity contribution in [3.63, 3.8) is 0 Å². The van der Waals surface area contributed by atoms with Crippen molar-refractivity contribution < 1.29 is 14.6 Å². The Hall–Kier alpha value is -0.570. The third-order valence-electron chi connectivity index (χ3n) is 4.59. The average Bonchev–Trinajstić information content (AvgIpc) is 2.44. The molecule has 1 aliphatic heterocycles. The largest absolute Gasteiger partial charge is 0.457 e. The van der Waals surface area contributed by atoms with Crippen molar-refractivity contribution >= 4 is 5.97 Å². The summed E-state index contributed by atoms with van der Waals surface area (Å²) in [5.74, 6) is 0.190. The molecule has 0 radical (unpaired) electrons. The number of carbonyl (C=O) groups is 1. The van der Waals surface area contributed by atoms with Crippen LogP contribution in [-0.4, -0.2) is 23.3 Å². The first kappa shape index (κ1) is 18.5. The lowest BCUT2D eigenvalue weighted by Crippen LogP contribution is -2.44. The summed E-state index contributed by atoms with van der Waals surface area (Å²) in [7, 11) is 0. The zero-order valence-electron chi connectivity index (χ0n) is 14.0. The van der Waals surface area contributed by atoms with Gasteiger partial charge in [0, 0.05) is 6.42 Å². The fourth-order valence-electron chi connectivity index (χ4n) is 3.40. The van der Waals surface area contributed by atoms with Crippen LogP contribution >= 0.6 is 0 Å². The van der Waals surface area contributed by atoms with Crippen molar-refractivity contribution in [1.82, 2.24) is 0 Å². The van der Waals surface area contributed by atoms with E-state index in [1.165, 1.54) is 51.4 Å². The molecule has 0 bridgehead atoms. The molecule has 1 N–H and O–H groups in total. The molecule has 1 fully saturated rings. The minimum atomic E-state index is -0.587. The van der Waals surface area contributed by atoms with Gasteiger partial charge in [0.2, 0.25) is 0 Å². The van der Waals surface area contributed by atoms with Crippen molar-refractivity contribution in [2.75, 3.05) is 6.61 Å². The molecule has 0 aromatic heterocycles. The van der Waals surface area contributed by atoms with Gasteiger partial charge in [-0.1, -0.05) is 65.2 Å². The smallest absolute Gasteiger partial charge is 0.306 e. The Morgan fingerprint density at radius 1 is 1.10 bits per heavy atom. The third-order valence-corrected chi connectivity index (χ3v) is 4.59. The van der Waals surface area contributed by atoms with Gasteiger partial charge in [-0.25, -0.2) is 0 Å². The third kappa shape index (κ3) is 7.30. The topological polar surface area (TPSA) is 46.5 Å². The van der Waals surface area contributed by atoms with E-state index in [-0.39, 0.29) is 12.6 Å². The predicted octanol–water partition coefficient (Wildman–Crippen LogP) is 4.61. The Bertz CT molecular complexity index is 290. The van der Waals surface area contributed by atoms with E-state index in [1.807, 2.05) is 0 Å². The van der Waals surface area contributed by atoms with Gasteiger partial charge in [-0.15, -0.1) is 0 Å². The first-order valence-electron chi connectivity index (χ1n) is 8.94. The van der Waals surface area contributed by atoms with Crippen LogP contribution in [0.1, 0.15) is 90.9 Å². The molecule has 3 nitrogen and oxygen atoms in total. The Labute approximate surface area is 130 Å². The Balaban J connectivity index is 2.11. The van der Waals surface area contributed by atoms with Crippen LogP contribution in [0, 0.1) is 5.92 Å². The van der Waals surface area contributed by atoms with Crippen molar-refractivity contribution in [2.45, 2.75) is 96.5 Å². The SMILES string of the molecule is CCCCCCCCCCC[C@]1(CO)C[C@@H](C)CC(=O)O1. The summed E-state index contributed by atoms with van der Waals surface area (Å²) in [6, 6.07) is 0. The molecule has 0 aromatic rings. The summed E-state index contributed by atoms with van der Waals surface area (Å²) in [4.78, 5) is 11.6. The highest BCUT2D eigenvalue weighted by atomic mass is 16.6. The van der Waals surface area contributed by atoms with E-state index >= 15 is 0 Å². The quantitative estimate of drug-likeness (QED) is 0.447. The van der Waals surface area contributed by atoms with E-state index in [1.54, 1.807) is 0 Å². The minimum Gasteiger partial charge on any atom is -0.457 e. The molecule has 0 saturated carbocycles. The van der Waals surface area contributed by atoms with Gasteiger partial charge in [0.1, 0.15) is 5.60 Å². The molecule has 1 heterocycles. The second-order valence-electron chi connectivity index (χ2n) is 6.91. The molecule has 21 heavy (non-hydrogen) atoms. The van der Waals surface area contributed by atoms with Crippen molar-refractivity contribution in [3.05, 3.63) is 0 Å². The summed E-state index contributed by atoms with van der Waals surface area (Å²) in [5.41, 5.74) is -0.587. The molecular weight excluding hydrogens is 264 g/mol. The highest BCUT2D eigenvalue weighted by Gasteiger charge is 2.39. The van der Waals surface area contributed by atoms with Crippen LogP contribution in [0.3, 0.4) is 0 Å². The summed E-state index contributed by atoms with van der Waals surface area (Å²) in [6.07, 6.45) is 13.7. The van der Waals surface area contributed by atoms with Crippen LogP contribution in [0.2, 0.25) is 0 Å². The fraction of sp³-hybridized carbons (Fsp3) is 0.944. The second-order valence-corrected chi connectivity index (χ2v) is 6.91. The minimum absolute atomic E-state index is 0.0277. The fourth-order valence-corrected chi connectivity index (χ4v) is 3.40. The molecule has 0 aromatic carbocycles. The number of hydrogen-bond acceptors (Lipinski definition) is 3. The van der Waals surface area contributed by atoms with Gasteiger partial charge in [0.25, 0.3) is 0 Å². The predicted molar refractivity (Wildman–Crippen MR) is 86.2 cm³/mol. The van der Waals surface area contributed by atoms with Crippen molar-refractivity contribution in [2.24, 2.45) is 5.92 Å². The van der Waals surface area contributed by atoms with Gasteiger partial charge in [-0.3, -0.25) is 4.79 Å². The monoisotopic (exact) mass is 298 g/mol. The number of ether oxygens (including phenoxy) is 1. The average molecular weight is 298 g/mol. The van der Waals surface area contributed by atoms with Crippen LogP contribution in [0.4, 0.5) is 0 Å². The lowest BCUT2D eigenvalue weighted by molar-refractivity contribution is -0.178. The van der Waals surface area contributed by atoms with Crippen LogP contribution < -0.4 is 0 Å². The maximum atomic E-state index is 11.6. The molecule has 0 amide bonds. The van der Waals surface area contributed by atoms with E-state index in [0.717, 1.165) is 19.3 Å². The molecule has 1 saturated heterocycles. The molecular formula is C18H34O3. The van der Waals surface area contributed by atoms with E-state index in [2.05, 4.69) is 13.8 Å². The number of carbonyl (C=O) groups excluding carboxylic acids is 1. The van der Waals surface area contributed by atoms with Crippen LogP contribution in [0.15, 0.2) is 0 Å². The zero-order valence-corrected chi connectivity index (χ0v) is 14.0.